The first kappa shape index (κ1) is 14.3. The molecule has 0 spiro atoms. The molecule has 0 fully saturated rings. The van der Waals surface area contributed by atoms with Crippen LogP contribution >= 0.6 is 39.1 Å². The van der Waals surface area contributed by atoms with E-state index in [-0.39, 0.29) is 0 Å². The molecule has 0 N–H and O–H groups in total. The fraction of sp³-hybridized carbons (Fsp3) is 0. The Labute approximate surface area is 129 Å². The van der Waals surface area contributed by atoms with Crippen LogP contribution in [0.25, 0.3) is 0 Å². The van der Waals surface area contributed by atoms with Crippen molar-refractivity contribution < 1.29 is 0 Å². The number of nitrogens with zero attached hydrogens (tertiary/aromatic N) is 2. The maximum atomic E-state index is 6.01. The minimum absolute atomic E-state index is 0.551. The van der Waals surface area contributed by atoms with Gasteiger partial charge in [0.15, 0.2) is 0 Å². The zero-order valence-electron chi connectivity index (χ0n) is 9.72. The molecule has 0 unspecified atom stereocenters. The van der Waals surface area contributed by atoms with Crippen molar-refractivity contribution in [1.82, 2.24) is 0 Å². The number of hydrogen-bond donors (Lipinski definition) is 0. The molecule has 5 heteroatoms. The highest BCUT2D eigenvalue weighted by Gasteiger charge is 2.01. The molecule has 0 aliphatic rings. The highest BCUT2D eigenvalue weighted by atomic mass is 79.9. The molecular weight excluding hydrogens is 347 g/mol. The van der Waals surface area contributed by atoms with E-state index in [4.69, 9.17) is 23.2 Å². The minimum atomic E-state index is 0.551. The van der Waals surface area contributed by atoms with Gasteiger partial charge in [-0.25, -0.2) is 0 Å². The molecule has 0 aliphatic heterocycles. The lowest BCUT2D eigenvalue weighted by atomic mass is 10.2. The molecule has 2 nitrogen and oxygen atoms in total. The highest BCUT2D eigenvalue weighted by molar-refractivity contribution is 9.10. The Morgan fingerprint density at radius 2 is 1.42 bits per heavy atom. The molecule has 0 amide bonds. The first-order valence-electron chi connectivity index (χ1n) is 5.43. The molecule has 0 bridgehead atoms. The Morgan fingerprint density at radius 1 is 0.842 bits per heavy atom. The lowest BCUT2D eigenvalue weighted by molar-refractivity contribution is 1.26. The predicted molar refractivity (Wildman–Crippen MR) is 85.8 cm³/mol. The Morgan fingerprint density at radius 3 is 2.05 bits per heavy atom. The number of hydrogen-bond acceptors (Lipinski definition) is 2. The Balaban J connectivity index is 2.10. The van der Waals surface area contributed by atoms with Gasteiger partial charge in [-0.1, -0.05) is 57.3 Å². The third-order valence-corrected chi connectivity index (χ3v) is 3.52. The maximum absolute atomic E-state index is 6.01. The SMILES string of the molecule is Clc1cccc(Cl)c1/C=N\N=C/c1ccc(Br)cc1. The summed E-state index contributed by atoms with van der Waals surface area (Å²) in [5.74, 6) is 0. The summed E-state index contributed by atoms with van der Waals surface area (Å²) in [6.45, 7) is 0. The van der Waals surface area contributed by atoms with E-state index < -0.39 is 0 Å². The molecule has 2 rings (SSSR count). The van der Waals surface area contributed by atoms with Gasteiger partial charge < -0.3 is 0 Å². The predicted octanol–water partition coefficient (Wildman–Crippen LogP) is 5.21. The van der Waals surface area contributed by atoms with Crippen LogP contribution in [0.1, 0.15) is 11.1 Å². The fourth-order valence-electron chi connectivity index (χ4n) is 1.37. The second kappa shape index (κ2) is 6.85. The first-order chi connectivity index (χ1) is 9.16. The van der Waals surface area contributed by atoms with Crippen molar-refractivity contribution in [1.29, 1.82) is 0 Å². The van der Waals surface area contributed by atoms with Crippen LogP contribution < -0.4 is 0 Å². The van der Waals surface area contributed by atoms with E-state index >= 15 is 0 Å². The van der Waals surface area contributed by atoms with Crippen LogP contribution in [0.2, 0.25) is 10.0 Å². The molecule has 0 atom stereocenters. The van der Waals surface area contributed by atoms with Crippen LogP contribution in [0.15, 0.2) is 57.1 Å². The average molecular weight is 356 g/mol. The largest absolute Gasteiger partial charge is 0.159 e. The van der Waals surface area contributed by atoms with Crippen LogP contribution in [0.4, 0.5) is 0 Å². The Kier molecular flexibility index (Phi) is 5.14. The number of rotatable bonds is 3. The summed E-state index contributed by atoms with van der Waals surface area (Å²) in [5, 5.41) is 9.01. The van der Waals surface area contributed by atoms with Gasteiger partial charge in [0.05, 0.1) is 22.5 Å². The smallest absolute Gasteiger partial charge is 0.0598 e. The van der Waals surface area contributed by atoms with Crippen LogP contribution in [0.5, 0.6) is 0 Å². The van der Waals surface area contributed by atoms with Crippen molar-refractivity contribution in [3.8, 4) is 0 Å². The van der Waals surface area contributed by atoms with Gasteiger partial charge in [-0.3, -0.25) is 0 Å². The molecule has 2 aromatic rings. The fourth-order valence-corrected chi connectivity index (χ4v) is 2.13. The van der Waals surface area contributed by atoms with E-state index in [0.717, 1.165) is 10.0 Å². The van der Waals surface area contributed by atoms with Crippen molar-refractivity contribution in [2.45, 2.75) is 0 Å². The summed E-state index contributed by atoms with van der Waals surface area (Å²) in [4.78, 5) is 0. The molecule has 19 heavy (non-hydrogen) atoms. The molecule has 96 valence electrons. The first-order valence-corrected chi connectivity index (χ1v) is 6.98. The van der Waals surface area contributed by atoms with Gasteiger partial charge in [0.1, 0.15) is 0 Å². The number of halogens is 3. The molecule has 0 saturated carbocycles. The standard InChI is InChI=1S/C14H9BrCl2N2/c15-11-6-4-10(5-7-11)8-18-19-9-12-13(16)2-1-3-14(12)17/h1-9H/b18-8-,19-9-. The quantitative estimate of drug-likeness (QED) is 0.533. The third-order valence-electron chi connectivity index (χ3n) is 2.33. The van der Waals surface area contributed by atoms with Crippen molar-refractivity contribution in [3.05, 3.63) is 68.1 Å². The second-order valence-corrected chi connectivity index (χ2v) is 5.41. The van der Waals surface area contributed by atoms with Gasteiger partial charge in [-0.05, 0) is 29.8 Å². The number of benzene rings is 2. The minimum Gasteiger partial charge on any atom is -0.159 e. The summed E-state index contributed by atoms with van der Waals surface area (Å²) in [6.07, 6.45) is 3.20. The van der Waals surface area contributed by atoms with Crippen LogP contribution in [-0.2, 0) is 0 Å². The maximum Gasteiger partial charge on any atom is 0.0598 e. The highest BCUT2D eigenvalue weighted by Crippen LogP contribution is 2.22. The van der Waals surface area contributed by atoms with Crippen molar-refractivity contribution in [3.63, 3.8) is 0 Å². The van der Waals surface area contributed by atoms with Crippen molar-refractivity contribution in [2.24, 2.45) is 10.2 Å². The second-order valence-electron chi connectivity index (χ2n) is 3.68. The molecular formula is C14H9BrCl2N2. The monoisotopic (exact) mass is 354 g/mol. The van der Waals surface area contributed by atoms with Crippen LogP contribution in [0, 0.1) is 0 Å². The van der Waals surface area contributed by atoms with Gasteiger partial charge >= 0.3 is 0 Å². The molecule has 2 aromatic carbocycles. The lowest BCUT2D eigenvalue weighted by Crippen LogP contribution is -1.84. The van der Waals surface area contributed by atoms with Gasteiger partial charge in [0.25, 0.3) is 0 Å². The normalized spacial score (nSPS) is 11.5. The van der Waals surface area contributed by atoms with E-state index in [9.17, 15) is 0 Å². The summed E-state index contributed by atoms with van der Waals surface area (Å²) in [5.41, 5.74) is 1.63. The van der Waals surface area contributed by atoms with Gasteiger partial charge in [0, 0.05) is 10.0 Å². The summed E-state index contributed by atoms with van der Waals surface area (Å²) < 4.78 is 1.02. The topological polar surface area (TPSA) is 24.7 Å². The van der Waals surface area contributed by atoms with E-state index in [1.807, 2.05) is 24.3 Å². The van der Waals surface area contributed by atoms with E-state index in [2.05, 4.69) is 26.1 Å². The van der Waals surface area contributed by atoms with E-state index in [1.165, 1.54) is 0 Å². The molecule has 0 aromatic heterocycles. The molecule has 0 radical (unpaired) electrons. The van der Waals surface area contributed by atoms with E-state index in [0.29, 0.717) is 15.6 Å². The molecule has 0 saturated heterocycles. The average Bonchev–Trinajstić information content (AvgIpc) is 2.39. The Bertz CT molecular complexity index is 602. The Hall–Kier alpha value is -1.16. The van der Waals surface area contributed by atoms with Crippen molar-refractivity contribution >= 4 is 51.6 Å². The van der Waals surface area contributed by atoms with Gasteiger partial charge in [-0.15, -0.1) is 0 Å². The molecule has 0 aliphatic carbocycles. The summed E-state index contributed by atoms with van der Waals surface area (Å²) in [7, 11) is 0. The van der Waals surface area contributed by atoms with Crippen LogP contribution in [0.3, 0.4) is 0 Å². The molecule has 0 heterocycles. The zero-order chi connectivity index (χ0) is 13.7. The lowest BCUT2D eigenvalue weighted by Gasteiger charge is -1.98. The summed E-state index contributed by atoms with van der Waals surface area (Å²) in [6, 6.07) is 13.1. The van der Waals surface area contributed by atoms with Crippen molar-refractivity contribution in [2.75, 3.05) is 0 Å². The summed E-state index contributed by atoms with van der Waals surface area (Å²) >= 11 is 15.4. The van der Waals surface area contributed by atoms with Gasteiger partial charge in [0.2, 0.25) is 0 Å². The zero-order valence-corrected chi connectivity index (χ0v) is 12.8. The van der Waals surface area contributed by atoms with E-state index in [1.54, 1.807) is 30.6 Å². The third kappa shape index (κ3) is 4.16. The van der Waals surface area contributed by atoms with Gasteiger partial charge in [-0.2, -0.15) is 10.2 Å². The van der Waals surface area contributed by atoms with Crippen LogP contribution in [-0.4, -0.2) is 12.4 Å².